The van der Waals surface area contributed by atoms with E-state index in [0.717, 1.165) is 10.0 Å². The van der Waals surface area contributed by atoms with Gasteiger partial charge in [-0.2, -0.15) is 0 Å². The summed E-state index contributed by atoms with van der Waals surface area (Å²) < 4.78 is 0.980. The van der Waals surface area contributed by atoms with Crippen molar-refractivity contribution in [1.82, 2.24) is 5.32 Å². The van der Waals surface area contributed by atoms with E-state index in [2.05, 4.69) is 21.2 Å². The lowest BCUT2D eigenvalue weighted by Gasteiger charge is -2.16. The van der Waals surface area contributed by atoms with Gasteiger partial charge in [0, 0.05) is 15.1 Å². The molecule has 1 amide bonds. The van der Waals surface area contributed by atoms with E-state index < -0.39 is 0 Å². The first-order chi connectivity index (χ1) is 9.08. The van der Waals surface area contributed by atoms with Gasteiger partial charge in [0.25, 0.3) is 5.91 Å². The molecule has 0 radical (unpaired) electrons. The Bertz CT molecular complexity index is 600. The maximum Gasteiger partial charge on any atom is 0.251 e. The monoisotopic (exact) mass is 337 g/mol. The van der Waals surface area contributed by atoms with Gasteiger partial charge in [-0.1, -0.05) is 51.8 Å². The third kappa shape index (κ3) is 3.58. The first kappa shape index (κ1) is 14.1. The molecule has 4 heteroatoms. The number of hydrogen-bond donors (Lipinski definition) is 1. The van der Waals surface area contributed by atoms with Gasteiger partial charge in [-0.05, 0) is 36.8 Å². The molecule has 2 nitrogen and oxygen atoms in total. The van der Waals surface area contributed by atoms with Gasteiger partial charge >= 0.3 is 0 Å². The zero-order valence-corrected chi connectivity index (χ0v) is 12.7. The van der Waals surface area contributed by atoms with Crippen molar-refractivity contribution in [2.24, 2.45) is 0 Å². The molecule has 19 heavy (non-hydrogen) atoms. The lowest BCUT2D eigenvalue weighted by atomic mass is 10.1. The van der Waals surface area contributed by atoms with Crippen molar-refractivity contribution in [2.75, 3.05) is 0 Å². The molecule has 0 fully saturated rings. The predicted octanol–water partition coefficient (Wildman–Crippen LogP) is 4.59. The topological polar surface area (TPSA) is 29.1 Å². The maximum atomic E-state index is 12.1. The molecule has 0 heterocycles. The highest BCUT2D eigenvalue weighted by Crippen LogP contribution is 2.23. The molecule has 0 saturated carbocycles. The number of carbonyl (C=O) groups excluding carboxylic acids is 1. The number of nitrogens with one attached hydrogen (secondary N) is 1. The van der Waals surface area contributed by atoms with Crippen LogP contribution in [0.5, 0.6) is 0 Å². The van der Waals surface area contributed by atoms with Crippen LogP contribution in [0.25, 0.3) is 0 Å². The Morgan fingerprint density at radius 3 is 2.63 bits per heavy atom. The third-order valence-electron chi connectivity index (χ3n) is 2.81. The van der Waals surface area contributed by atoms with Crippen molar-refractivity contribution in [2.45, 2.75) is 13.0 Å². The van der Waals surface area contributed by atoms with Crippen LogP contribution >= 0.6 is 27.5 Å². The van der Waals surface area contributed by atoms with Gasteiger partial charge in [-0.25, -0.2) is 0 Å². The zero-order valence-electron chi connectivity index (χ0n) is 10.4. The molecule has 1 unspecified atom stereocenters. The van der Waals surface area contributed by atoms with E-state index in [1.54, 1.807) is 24.3 Å². The zero-order chi connectivity index (χ0) is 13.8. The minimum absolute atomic E-state index is 0.0814. The van der Waals surface area contributed by atoms with Crippen molar-refractivity contribution in [1.29, 1.82) is 0 Å². The second-order valence-corrected chi connectivity index (χ2v) is 5.52. The van der Waals surface area contributed by atoms with Crippen molar-refractivity contribution >= 4 is 33.4 Å². The fraction of sp³-hybridized carbons (Fsp3) is 0.133. The van der Waals surface area contributed by atoms with E-state index in [-0.39, 0.29) is 11.9 Å². The predicted molar refractivity (Wildman–Crippen MR) is 81.5 cm³/mol. The summed E-state index contributed by atoms with van der Waals surface area (Å²) in [5.74, 6) is -0.134. The molecule has 0 aliphatic carbocycles. The summed E-state index contributed by atoms with van der Waals surface area (Å²) in [5, 5.41) is 3.51. The molecule has 0 spiro atoms. The van der Waals surface area contributed by atoms with Crippen LogP contribution in [0.4, 0.5) is 0 Å². The van der Waals surface area contributed by atoms with Gasteiger partial charge < -0.3 is 5.32 Å². The van der Waals surface area contributed by atoms with Crippen molar-refractivity contribution in [3.63, 3.8) is 0 Å². The Morgan fingerprint density at radius 1 is 1.21 bits per heavy atom. The molecular formula is C15H13BrClNO. The molecule has 1 N–H and O–H groups in total. The van der Waals surface area contributed by atoms with Crippen LogP contribution in [0.3, 0.4) is 0 Å². The summed E-state index contributed by atoms with van der Waals surface area (Å²) in [6, 6.07) is 14.7. The lowest BCUT2D eigenvalue weighted by Crippen LogP contribution is -2.26. The van der Waals surface area contributed by atoms with E-state index >= 15 is 0 Å². The first-order valence-corrected chi connectivity index (χ1v) is 7.06. The Kier molecular flexibility index (Phi) is 4.61. The summed E-state index contributed by atoms with van der Waals surface area (Å²) in [7, 11) is 0. The highest BCUT2D eigenvalue weighted by molar-refractivity contribution is 9.10. The van der Waals surface area contributed by atoms with Crippen molar-refractivity contribution in [3.05, 3.63) is 69.2 Å². The first-order valence-electron chi connectivity index (χ1n) is 5.89. The molecule has 0 bridgehead atoms. The largest absolute Gasteiger partial charge is 0.345 e. The Hall–Kier alpha value is -1.32. The summed E-state index contributed by atoms with van der Waals surface area (Å²) >= 11 is 9.36. The third-order valence-corrected chi connectivity index (χ3v) is 3.76. The fourth-order valence-corrected chi connectivity index (χ4v) is 2.63. The molecular weight excluding hydrogens is 326 g/mol. The number of amides is 1. The molecule has 2 rings (SSSR count). The Labute approximate surface area is 125 Å². The second-order valence-electron chi connectivity index (χ2n) is 4.23. The van der Waals surface area contributed by atoms with Crippen LogP contribution in [0, 0.1) is 0 Å². The van der Waals surface area contributed by atoms with Gasteiger partial charge in [0.15, 0.2) is 0 Å². The van der Waals surface area contributed by atoms with Gasteiger partial charge in [0.1, 0.15) is 0 Å². The lowest BCUT2D eigenvalue weighted by molar-refractivity contribution is 0.0940. The smallest absolute Gasteiger partial charge is 0.251 e. The number of hydrogen-bond acceptors (Lipinski definition) is 1. The molecule has 0 saturated heterocycles. The fourth-order valence-electron chi connectivity index (χ4n) is 1.81. The average Bonchev–Trinajstić information content (AvgIpc) is 2.39. The highest BCUT2D eigenvalue weighted by atomic mass is 79.9. The summed E-state index contributed by atoms with van der Waals surface area (Å²) in [5.41, 5.74) is 1.60. The molecule has 0 aliphatic rings. The molecule has 0 aromatic heterocycles. The maximum absolute atomic E-state index is 12.1. The summed E-state index contributed by atoms with van der Waals surface area (Å²) in [6.45, 7) is 1.95. The van der Waals surface area contributed by atoms with E-state index in [4.69, 9.17) is 11.6 Å². The Morgan fingerprint density at radius 2 is 1.95 bits per heavy atom. The van der Waals surface area contributed by atoms with Crippen molar-refractivity contribution < 1.29 is 4.79 Å². The molecule has 1 atom stereocenters. The van der Waals surface area contributed by atoms with Crippen LogP contribution in [0.15, 0.2) is 53.0 Å². The van der Waals surface area contributed by atoms with Gasteiger partial charge in [-0.3, -0.25) is 4.79 Å². The van der Waals surface area contributed by atoms with E-state index in [1.165, 1.54) is 0 Å². The summed E-state index contributed by atoms with van der Waals surface area (Å²) in [4.78, 5) is 12.1. The average molecular weight is 339 g/mol. The molecule has 2 aromatic carbocycles. The minimum atomic E-state index is -0.134. The standard InChI is InChI=1S/C15H13BrClNO/c1-10(13-7-2-3-8-14(13)16)18-15(19)11-5-4-6-12(17)9-11/h2-10H,1H3,(H,18,19). The quantitative estimate of drug-likeness (QED) is 0.871. The summed E-state index contributed by atoms with van der Waals surface area (Å²) in [6.07, 6.45) is 0. The van der Waals surface area contributed by atoms with Crippen molar-refractivity contribution in [3.8, 4) is 0 Å². The normalized spacial score (nSPS) is 11.9. The van der Waals surface area contributed by atoms with Crippen LogP contribution in [0.1, 0.15) is 28.9 Å². The SMILES string of the molecule is CC(NC(=O)c1cccc(Cl)c1)c1ccccc1Br. The van der Waals surface area contributed by atoms with Gasteiger partial charge in [-0.15, -0.1) is 0 Å². The number of halogens is 2. The Balaban J connectivity index is 2.13. The molecule has 0 aliphatic heterocycles. The molecule has 98 valence electrons. The van der Waals surface area contributed by atoms with Gasteiger partial charge in [0.2, 0.25) is 0 Å². The molecule has 2 aromatic rings. The van der Waals surface area contributed by atoms with E-state index in [9.17, 15) is 4.79 Å². The van der Waals surface area contributed by atoms with Crippen LogP contribution in [0.2, 0.25) is 5.02 Å². The van der Waals surface area contributed by atoms with Crippen LogP contribution in [-0.4, -0.2) is 5.91 Å². The number of carbonyl (C=O) groups is 1. The highest BCUT2D eigenvalue weighted by Gasteiger charge is 2.13. The number of rotatable bonds is 3. The van der Waals surface area contributed by atoms with E-state index in [0.29, 0.717) is 10.6 Å². The van der Waals surface area contributed by atoms with Gasteiger partial charge in [0.05, 0.1) is 6.04 Å². The second kappa shape index (κ2) is 6.22. The van der Waals surface area contributed by atoms with E-state index in [1.807, 2.05) is 31.2 Å². The van der Waals surface area contributed by atoms with Crippen LogP contribution in [-0.2, 0) is 0 Å². The van der Waals surface area contributed by atoms with Crippen LogP contribution < -0.4 is 5.32 Å². The minimum Gasteiger partial charge on any atom is -0.345 e. The number of benzene rings is 2.